The fourth-order valence-electron chi connectivity index (χ4n) is 2.78. The zero-order valence-corrected chi connectivity index (χ0v) is 74.4. The second-order valence-electron chi connectivity index (χ2n) is 6.38. The monoisotopic (exact) mass is 3310 g/mol. The predicted molar refractivity (Wildman–Crippen MR) is 151 cm³/mol. The number of phosphoric acid groups is 1. The number of rotatable bonds is 0. The maximum Gasteiger partial charge on any atom is 0.240 e. The number of imidazole rings is 3. The maximum atomic E-state index is 8.55. The Bertz CT molecular complexity index is 1270. The van der Waals surface area contributed by atoms with Crippen LogP contribution in [0.1, 0.15) is 0 Å². The minimum Gasteiger partial charge on any atom is -2.00 e. The Hall–Kier alpha value is 2.84. The number of benzene rings is 3. The molecule has 3 aromatic carbocycles. The van der Waals surface area contributed by atoms with Crippen molar-refractivity contribution < 1.29 is 506 Å². The van der Waals surface area contributed by atoms with Crippen LogP contribution in [0.3, 0.4) is 0 Å². The van der Waals surface area contributed by atoms with Gasteiger partial charge in [0.25, 0.3) is 0 Å². The van der Waals surface area contributed by atoms with E-state index in [2.05, 4.69) is 29.9 Å². The van der Waals surface area contributed by atoms with Gasteiger partial charge in [-0.05, 0) is 36.4 Å². The van der Waals surface area contributed by atoms with Crippen molar-refractivity contribution in [1.29, 1.82) is 0 Å². The summed E-state index contributed by atoms with van der Waals surface area (Å²) in [6.45, 7) is 0. The standard InChI is InChI=1S/3C7H6N2.H3O4P.4H2O.36O.12W/c3*1-2-4-7-6(3-1)8-5-9-7;1-5(2,3)4;;;;;;;;;;;;;;;;;;;;;;;;;;;;;;;;;;;;;;;;;;;;;;;;;;;;/h3*1-5H,(H,8,9);(H3,1,2,3,4);4*1H2;;;;;;;;;;;;;;;;;;;;;;;;;;;;;;;;;;;;;;;;;;;;;;;;/q;;;;;;;;36*-2;;;;;;;;;;;;. The van der Waals surface area contributed by atoms with Crippen molar-refractivity contribution in [2.75, 3.05) is 0 Å². The van der Waals surface area contributed by atoms with Gasteiger partial charge in [-0.15, -0.1) is 0 Å². The molecule has 50 nitrogen and oxygen atoms in total. The molecule has 0 atom stereocenters. The van der Waals surface area contributed by atoms with Crippen molar-refractivity contribution in [3.8, 4) is 0 Å². The van der Waals surface area contributed by atoms with Crippen molar-refractivity contribution in [3.05, 3.63) is 91.8 Å². The van der Waals surface area contributed by atoms with E-state index >= 15 is 0 Å². The smallest absolute Gasteiger partial charge is 0.240 e. The van der Waals surface area contributed by atoms with Gasteiger partial charge in [-0.1, -0.05) is 36.4 Å². The van der Waals surface area contributed by atoms with E-state index in [0.717, 1.165) is 33.1 Å². The van der Waals surface area contributed by atoms with Gasteiger partial charge >= 0.3 is 0 Å². The molecule has 14 N–H and O–H groups in total. The summed E-state index contributed by atoms with van der Waals surface area (Å²) in [6, 6.07) is 24.2. The van der Waals surface area contributed by atoms with Crippen molar-refractivity contribution in [1.82, 2.24) is 15.0 Å². The SMILES string of the molecule is O.O.O.O.O=P([O-])([O-])[O-].[O-2].[O-2].[O-2].[O-2].[O-2].[O-2].[O-2].[O-2].[O-2].[O-2].[O-2].[O-2].[O-2].[O-2].[O-2].[O-2].[O-2].[O-2].[O-2].[O-2].[O-2].[O-2].[O-2].[O-2].[O-2].[O-2].[O-2].[O-2].[O-2].[O-2].[O-2].[O-2].[O-2].[O-2].[O-2].[O-2].[W].[W].[W].[W].[W].[W].[W].[W].[W].[W].[W].[W].c1ccc2[nH+]c[nH]c2c1.c1ccc2[nH+]c[nH]c2c1.c1ccc2[nH+]c[nH]c2c1. The Balaban J connectivity index is -0.00000000319. The number of nitrogens with one attached hydrogen (secondary N) is 6. The van der Waals surface area contributed by atoms with Crippen LogP contribution < -0.4 is 29.6 Å². The summed E-state index contributed by atoms with van der Waals surface area (Å²) in [6.07, 6.45) is 5.47. The molecule has 0 unspecified atom stereocenters. The molecule has 6 aromatic rings. The second-order valence-corrected chi connectivity index (χ2v) is 7.28. The first kappa shape index (κ1) is 471. The Morgan fingerprint density at radius 3 is 0.429 bits per heavy atom. The minimum atomic E-state index is -5.39. The average Bonchev–Trinajstić information content (AvgIpc) is 3.53. The first-order valence-corrected chi connectivity index (χ1v) is 10.9. The van der Waals surface area contributed by atoms with Crippen LogP contribution >= 0.6 is 7.82 Å². The molecule has 0 aliphatic carbocycles. The van der Waals surface area contributed by atoms with E-state index in [1.807, 2.05) is 91.8 Å². The number of aromatic amines is 6. The molecule has 0 aliphatic rings. The Labute approximate surface area is 646 Å². The van der Waals surface area contributed by atoms with Crippen LogP contribution in [0.5, 0.6) is 0 Å². The van der Waals surface area contributed by atoms with Crippen molar-refractivity contribution >= 4 is 40.9 Å². The van der Waals surface area contributed by atoms with Gasteiger partial charge < -0.3 is 238 Å². The van der Waals surface area contributed by atoms with Gasteiger partial charge in [0.15, 0.2) is 33.1 Å². The van der Waals surface area contributed by atoms with Gasteiger partial charge in [-0.2, -0.15) is 7.82 Å². The molecular weight excluding hydrogens is 3280 g/mol. The predicted octanol–water partition coefficient (Wildman–Crippen LogP) is -7.48. The topological polar surface area (TPSA) is 1330 Å². The molecule has 63 heteroatoms. The van der Waals surface area contributed by atoms with Gasteiger partial charge in [-0.25, -0.2) is 29.9 Å². The van der Waals surface area contributed by atoms with Crippen LogP contribution in [0.2, 0.25) is 0 Å². The fraction of sp³-hybridized carbons (Fsp3) is 0. The summed E-state index contributed by atoms with van der Waals surface area (Å²) in [4.78, 5) is 44.0. The summed E-state index contributed by atoms with van der Waals surface area (Å²) >= 11 is 0. The van der Waals surface area contributed by atoms with Gasteiger partial charge in [0.05, 0.1) is 0 Å². The van der Waals surface area contributed by atoms with Crippen LogP contribution in [0.15, 0.2) is 91.8 Å². The Morgan fingerprint density at radius 2 is 0.333 bits per heavy atom. The molecule has 3 aromatic heterocycles. The van der Waals surface area contributed by atoms with E-state index in [9.17, 15) is 0 Å². The molecule has 0 radical (unpaired) electrons. The molecule has 3 heterocycles. The van der Waals surface area contributed by atoms with E-state index < -0.39 is 7.82 Å². The molecule has 0 amide bonds. The molecule has 6 rings (SSSR count). The van der Waals surface area contributed by atoms with Crippen LogP contribution in [0, 0.1) is 0 Å². The summed E-state index contributed by atoms with van der Waals surface area (Å²) in [5.41, 5.74) is 6.90. The molecule has 556 valence electrons. The van der Waals surface area contributed by atoms with Gasteiger partial charge in [0.2, 0.25) is 19.0 Å². The van der Waals surface area contributed by atoms with Crippen molar-refractivity contribution in [2.45, 2.75) is 0 Å². The molecule has 0 bridgehead atoms. The third kappa shape index (κ3) is 206. The van der Waals surface area contributed by atoms with E-state index in [4.69, 9.17) is 19.2 Å². The molecular formula is C21H29N6O44PW12-72. The zero-order chi connectivity index (χ0) is 22.8. The number of para-hydroxylation sites is 6. The zero-order valence-electron chi connectivity index (χ0n) is 38.3. The summed E-state index contributed by atoms with van der Waals surface area (Å²) < 4.78 is 8.55. The Kier molecular flexibility index (Phi) is 1520. The normalized spacial score (nSPS) is 3.99. The van der Waals surface area contributed by atoms with Gasteiger partial charge in [0.1, 0.15) is 0 Å². The number of fused-ring (bicyclic) bond motifs is 3. The third-order valence-electron chi connectivity index (χ3n) is 4.15. The quantitative estimate of drug-likeness (QED) is 0.125. The van der Waals surface area contributed by atoms with E-state index in [1.165, 1.54) is 0 Å². The fourth-order valence-corrected chi connectivity index (χ4v) is 2.78. The van der Waals surface area contributed by atoms with Crippen LogP contribution in [-0.4, -0.2) is 36.9 Å². The summed E-state index contributed by atoms with van der Waals surface area (Å²) in [7, 11) is -5.39. The van der Waals surface area contributed by atoms with Crippen LogP contribution in [0.4, 0.5) is 0 Å². The second kappa shape index (κ2) is 270. The third-order valence-corrected chi connectivity index (χ3v) is 4.15. The number of hydrogen-bond donors (Lipinski definition) is 3. The minimum absolute atomic E-state index is 0. The van der Waals surface area contributed by atoms with Crippen LogP contribution in [-0.2, 0) is 454 Å². The average molecular weight is 3310 g/mol. The molecule has 84 heavy (non-hydrogen) atoms. The van der Waals surface area contributed by atoms with Gasteiger partial charge in [-0.3, -0.25) is 0 Å². The first-order chi connectivity index (χ1) is 15.4. The van der Waals surface area contributed by atoms with Crippen molar-refractivity contribution in [3.63, 3.8) is 0 Å². The van der Waals surface area contributed by atoms with E-state index in [0.29, 0.717) is 0 Å². The largest absolute Gasteiger partial charge is 2.00 e. The van der Waals surface area contributed by atoms with Gasteiger partial charge in [0, 0.05) is 253 Å². The van der Waals surface area contributed by atoms with Crippen LogP contribution in [0.25, 0.3) is 33.1 Å². The number of H-pyrrole nitrogens is 6. The maximum absolute atomic E-state index is 8.55. The number of hydrogen-bond acceptors (Lipinski definition) is 4. The van der Waals surface area contributed by atoms with E-state index in [1.54, 1.807) is 0 Å². The first-order valence-electron chi connectivity index (χ1n) is 9.44. The molecule has 0 saturated heterocycles. The summed E-state index contributed by atoms with van der Waals surface area (Å²) in [5.74, 6) is 0. The Morgan fingerprint density at radius 1 is 0.238 bits per heavy atom. The molecule has 0 fully saturated rings. The number of aromatic nitrogens is 6. The molecule has 0 aliphatic heterocycles. The van der Waals surface area contributed by atoms with E-state index in [-0.39, 0.29) is 472 Å². The molecule has 0 spiro atoms. The summed E-state index contributed by atoms with van der Waals surface area (Å²) in [5, 5.41) is 0. The van der Waals surface area contributed by atoms with Crippen molar-refractivity contribution in [2.24, 2.45) is 0 Å². The molecule has 0 saturated carbocycles.